The molecule has 0 fully saturated rings. The van der Waals surface area contributed by atoms with E-state index in [2.05, 4.69) is 76.3 Å². The monoisotopic (exact) mass is 430 g/mol. The molecule has 6 heteroatoms. The summed E-state index contributed by atoms with van der Waals surface area (Å²) in [6.07, 6.45) is 0. The fraction of sp³-hybridized carbons (Fsp3) is 0. The molecule has 0 N–H and O–H groups in total. The van der Waals surface area contributed by atoms with Crippen LogP contribution in [0.4, 0.5) is 0 Å². The minimum atomic E-state index is -0.435. The van der Waals surface area contributed by atoms with Gasteiger partial charge >= 0.3 is 18.9 Å². The molecule has 0 aliphatic carbocycles. The summed E-state index contributed by atoms with van der Waals surface area (Å²) in [5.41, 5.74) is 0. The standard InChI is InChI=1S/BBr2I2.Li/c2-1(3,4)5;/q-1;+1. The molecule has 0 spiro atoms. The zero-order chi connectivity index (χ0) is 4.50. The summed E-state index contributed by atoms with van der Waals surface area (Å²) in [6, 6.07) is 0. The van der Waals surface area contributed by atoms with Gasteiger partial charge in [0.1, 0.15) is 0 Å². The molecule has 0 nitrogen and oxygen atoms in total. The van der Waals surface area contributed by atoms with Crippen LogP contribution in [0.1, 0.15) is 0 Å². The summed E-state index contributed by atoms with van der Waals surface area (Å²) in [7, 11) is 0. The third kappa shape index (κ3) is 27.6. The molecule has 0 amide bonds. The van der Waals surface area contributed by atoms with Crippen molar-refractivity contribution in [3.63, 3.8) is 0 Å². The van der Waals surface area contributed by atoms with Crippen LogP contribution in [0.2, 0.25) is 0 Å². The van der Waals surface area contributed by atoms with E-state index in [4.69, 9.17) is 0 Å². The van der Waals surface area contributed by atoms with Crippen molar-refractivity contribution in [2.45, 2.75) is 0 Å². The fourth-order valence-electron chi connectivity index (χ4n) is 0. The molecule has 0 bridgehead atoms. The first-order valence-corrected chi connectivity index (χ1v) is 5.20. The molecular weight excluding hydrogens is 431 g/mol. The van der Waals surface area contributed by atoms with Gasteiger partial charge < -0.3 is 76.3 Å². The summed E-state index contributed by atoms with van der Waals surface area (Å²) < 4.78 is -0.435. The smallest absolute Gasteiger partial charge is 0.313 e. The van der Waals surface area contributed by atoms with E-state index in [9.17, 15) is 0 Å². The molecule has 0 saturated heterocycles. The maximum Gasteiger partial charge on any atom is 1.00 e. The number of rotatable bonds is 0. The zero-order valence-corrected chi connectivity index (χ0v) is 10.6. The van der Waals surface area contributed by atoms with Crippen LogP contribution in [0.25, 0.3) is 0 Å². The van der Waals surface area contributed by atoms with E-state index in [0.717, 1.165) is 0 Å². The van der Waals surface area contributed by atoms with Crippen LogP contribution in [-0.2, 0) is 0 Å². The molecule has 0 heterocycles. The normalized spacial score (nSPS) is 10.0. The Hall–Kier alpha value is 3.08. The molecule has 0 radical (unpaired) electrons. The van der Waals surface area contributed by atoms with Crippen LogP contribution in [0.5, 0.6) is 0 Å². The molecule has 0 rings (SSSR count). The van der Waals surface area contributed by atoms with Gasteiger partial charge in [-0.15, -0.1) is 0 Å². The second-order valence-electron chi connectivity index (χ2n) is 0.495. The van der Waals surface area contributed by atoms with Gasteiger partial charge in [-0.05, 0) is 0 Å². The van der Waals surface area contributed by atoms with Crippen molar-refractivity contribution in [2.24, 2.45) is 0 Å². The van der Waals surface area contributed by atoms with E-state index in [1.54, 1.807) is 0 Å². The van der Waals surface area contributed by atoms with Gasteiger partial charge in [-0.2, -0.15) is 0 Å². The Morgan fingerprint density at radius 3 is 1.17 bits per heavy atom. The predicted octanol–water partition coefficient (Wildman–Crippen LogP) is 0.0858. The van der Waals surface area contributed by atoms with E-state index in [-0.39, 0.29) is 18.9 Å². The maximum atomic E-state index is 3.33. The Morgan fingerprint density at radius 2 is 1.17 bits per heavy atom. The van der Waals surface area contributed by atoms with Crippen LogP contribution in [-0.4, -0.2) is -0.493 Å². The van der Waals surface area contributed by atoms with Crippen LogP contribution >= 0.6 is 76.3 Å². The first kappa shape index (κ1) is 11.8. The van der Waals surface area contributed by atoms with Crippen LogP contribution in [0.3, 0.4) is 0 Å². The SMILES string of the molecule is Br[B-](Br)(I)I.[Li+]. The van der Waals surface area contributed by atoms with Gasteiger partial charge in [0, 0.05) is 0 Å². The zero-order valence-electron chi connectivity index (χ0n) is 3.09. The summed E-state index contributed by atoms with van der Waals surface area (Å²) in [4.78, 5) is 0. The van der Waals surface area contributed by atoms with Crippen LogP contribution in [0, 0.1) is 0 Å². The topological polar surface area (TPSA) is 0 Å². The van der Waals surface area contributed by atoms with Crippen molar-refractivity contribution in [3.05, 3.63) is 0 Å². The second-order valence-corrected chi connectivity index (χ2v) is 17.4. The van der Waals surface area contributed by atoms with Crippen molar-refractivity contribution < 1.29 is 18.9 Å². The first-order chi connectivity index (χ1) is 2.00. The third-order valence-corrected chi connectivity index (χ3v) is 0. The Labute approximate surface area is 92.7 Å². The van der Waals surface area contributed by atoms with E-state index in [1.807, 2.05) is 0 Å². The molecule has 0 aromatic carbocycles. The Bertz CT molecular complexity index is 27.0. The summed E-state index contributed by atoms with van der Waals surface area (Å²) in [5, 5.41) is 0. The molecule has 0 aliphatic rings. The summed E-state index contributed by atoms with van der Waals surface area (Å²) >= 11 is 11.2. The summed E-state index contributed by atoms with van der Waals surface area (Å²) in [5.74, 6) is 0. The van der Waals surface area contributed by atoms with Gasteiger partial charge in [-0.3, -0.25) is 0 Å². The van der Waals surface area contributed by atoms with E-state index in [0.29, 0.717) is 0 Å². The number of halogens is 4. The quantitative estimate of drug-likeness (QED) is 0.377. The van der Waals surface area contributed by atoms with Gasteiger partial charge in [0.25, 0.3) is 0 Å². The van der Waals surface area contributed by atoms with Crippen LogP contribution < -0.4 is 18.9 Å². The van der Waals surface area contributed by atoms with Gasteiger partial charge in [0.05, 0.1) is 0 Å². The van der Waals surface area contributed by atoms with Gasteiger partial charge in [-0.25, -0.2) is 0 Å². The average molecular weight is 431 g/mol. The molecule has 0 saturated carbocycles. The predicted molar refractivity (Wildman–Crippen MR) is 51.6 cm³/mol. The Kier molecular flexibility index (Phi) is 9.69. The minimum Gasteiger partial charge on any atom is -0.313 e. The number of hydrogen-bond donors (Lipinski definition) is 0. The average Bonchev–Trinajstić information content (AvgIpc) is 0.722. The largest absolute Gasteiger partial charge is 1.00 e. The van der Waals surface area contributed by atoms with Crippen LogP contribution in [0.15, 0.2) is 0 Å². The van der Waals surface area contributed by atoms with Gasteiger partial charge in [-0.1, -0.05) is 0 Å². The molecule has 6 heavy (non-hydrogen) atoms. The molecule has 0 aromatic rings. The van der Waals surface area contributed by atoms with Crippen molar-refractivity contribution in [1.82, 2.24) is 0 Å². The van der Waals surface area contributed by atoms with E-state index >= 15 is 0 Å². The second kappa shape index (κ2) is 4.91. The molecule has 0 atom stereocenters. The van der Waals surface area contributed by atoms with Crippen molar-refractivity contribution in [3.8, 4) is 0 Å². The molecular formula is BBr2I2Li. The van der Waals surface area contributed by atoms with E-state index in [1.165, 1.54) is 0 Å². The summed E-state index contributed by atoms with van der Waals surface area (Å²) in [6.45, 7) is 0. The van der Waals surface area contributed by atoms with Crippen molar-refractivity contribution in [2.75, 3.05) is 0 Å². The van der Waals surface area contributed by atoms with Gasteiger partial charge in [0.15, 0.2) is 0 Å². The fourth-order valence-corrected chi connectivity index (χ4v) is 0. The van der Waals surface area contributed by atoms with Crippen molar-refractivity contribution in [1.29, 1.82) is 0 Å². The van der Waals surface area contributed by atoms with E-state index < -0.39 is -0.493 Å². The minimum absolute atomic E-state index is 0. The Balaban J connectivity index is 0. The number of hydrogen-bond acceptors (Lipinski definition) is 0. The molecule has 0 aromatic heterocycles. The Morgan fingerprint density at radius 1 is 1.17 bits per heavy atom. The molecule has 32 valence electrons. The van der Waals surface area contributed by atoms with Crippen molar-refractivity contribution >= 4 is 75.8 Å². The first-order valence-electron chi connectivity index (χ1n) is 0.873. The maximum absolute atomic E-state index is 3.33. The van der Waals surface area contributed by atoms with Gasteiger partial charge in [0.2, 0.25) is -0.493 Å². The third-order valence-electron chi connectivity index (χ3n) is 0. The molecule has 0 aliphatic heterocycles. The molecule has 0 unspecified atom stereocenters.